The number of anilines is 1. The third-order valence-electron chi connectivity index (χ3n) is 3.76. The van der Waals surface area contributed by atoms with Gasteiger partial charge in [0.15, 0.2) is 0 Å². The summed E-state index contributed by atoms with van der Waals surface area (Å²) in [7, 11) is 0. The molecule has 0 aromatic heterocycles. The fraction of sp³-hybridized carbons (Fsp3) is 0.333. The van der Waals surface area contributed by atoms with Crippen LogP contribution in [0.3, 0.4) is 0 Å². The molecule has 0 heterocycles. The van der Waals surface area contributed by atoms with Crippen molar-refractivity contribution in [3.05, 3.63) is 46.0 Å². The number of hydrogen-bond donors (Lipinski definition) is 2. The molecule has 1 amide bonds. The Labute approximate surface area is 126 Å². The summed E-state index contributed by atoms with van der Waals surface area (Å²) in [5.41, 5.74) is 0.698. The number of carbonyl (C=O) groups is 2. The first-order valence-corrected chi connectivity index (χ1v) is 6.84. The first-order valence-electron chi connectivity index (χ1n) is 6.84. The quantitative estimate of drug-likeness (QED) is 0.504. The van der Waals surface area contributed by atoms with Gasteiger partial charge in [0, 0.05) is 17.3 Å². The van der Waals surface area contributed by atoms with Crippen molar-refractivity contribution in [2.45, 2.75) is 19.8 Å². The largest absolute Gasteiger partial charge is 0.481 e. The van der Waals surface area contributed by atoms with Crippen LogP contribution < -0.4 is 5.32 Å². The Morgan fingerprint density at radius 2 is 1.91 bits per heavy atom. The molecule has 0 aliphatic heterocycles. The monoisotopic (exact) mass is 304 g/mol. The van der Waals surface area contributed by atoms with E-state index in [-0.39, 0.29) is 5.69 Å². The van der Waals surface area contributed by atoms with Crippen molar-refractivity contribution in [2.24, 2.45) is 11.8 Å². The summed E-state index contributed by atoms with van der Waals surface area (Å²) >= 11 is 0. The number of nitro groups is 1. The summed E-state index contributed by atoms with van der Waals surface area (Å²) in [5.74, 6) is -2.90. The van der Waals surface area contributed by atoms with Crippen LogP contribution >= 0.6 is 0 Å². The molecule has 0 saturated heterocycles. The molecule has 0 saturated carbocycles. The van der Waals surface area contributed by atoms with E-state index in [0.717, 1.165) is 0 Å². The Bertz CT molecular complexity index is 653. The summed E-state index contributed by atoms with van der Waals surface area (Å²) in [4.78, 5) is 33.9. The second-order valence-corrected chi connectivity index (χ2v) is 5.24. The fourth-order valence-corrected chi connectivity index (χ4v) is 2.50. The lowest BCUT2D eigenvalue weighted by Gasteiger charge is -2.24. The number of aryl methyl sites for hydroxylation is 1. The van der Waals surface area contributed by atoms with E-state index in [9.17, 15) is 24.8 Å². The number of nitrogens with one attached hydrogen (secondary N) is 1. The lowest BCUT2D eigenvalue weighted by molar-refractivity contribution is -0.385. The van der Waals surface area contributed by atoms with Gasteiger partial charge in [-0.1, -0.05) is 18.2 Å². The minimum atomic E-state index is -1.01. The Hall–Kier alpha value is -2.70. The van der Waals surface area contributed by atoms with Crippen molar-refractivity contribution >= 4 is 23.3 Å². The van der Waals surface area contributed by atoms with E-state index < -0.39 is 28.6 Å². The average molecular weight is 304 g/mol. The number of benzene rings is 1. The van der Waals surface area contributed by atoms with Gasteiger partial charge in [-0.3, -0.25) is 19.7 Å². The molecule has 0 fully saturated rings. The predicted molar refractivity (Wildman–Crippen MR) is 79.5 cm³/mol. The van der Waals surface area contributed by atoms with Crippen LogP contribution in [0.15, 0.2) is 30.4 Å². The van der Waals surface area contributed by atoms with Crippen LogP contribution in [0.2, 0.25) is 0 Å². The minimum absolute atomic E-state index is 0.0869. The highest BCUT2D eigenvalue weighted by Crippen LogP contribution is 2.28. The van der Waals surface area contributed by atoms with E-state index in [4.69, 9.17) is 0 Å². The van der Waals surface area contributed by atoms with Gasteiger partial charge in [0.2, 0.25) is 5.91 Å². The zero-order valence-corrected chi connectivity index (χ0v) is 12.0. The van der Waals surface area contributed by atoms with Gasteiger partial charge in [-0.25, -0.2) is 0 Å². The van der Waals surface area contributed by atoms with Crippen LogP contribution in [0.25, 0.3) is 0 Å². The van der Waals surface area contributed by atoms with E-state index in [0.29, 0.717) is 24.1 Å². The van der Waals surface area contributed by atoms with Gasteiger partial charge >= 0.3 is 5.97 Å². The Kier molecular flexibility index (Phi) is 4.55. The number of aliphatic carboxylic acids is 1. The number of allylic oxidation sites excluding steroid dienone is 2. The smallest absolute Gasteiger partial charge is 0.307 e. The molecule has 0 bridgehead atoms. The summed E-state index contributed by atoms with van der Waals surface area (Å²) < 4.78 is 0. The van der Waals surface area contributed by atoms with E-state index in [1.807, 2.05) is 0 Å². The van der Waals surface area contributed by atoms with Gasteiger partial charge in [-0.15, -0.1) is 0 Å². The molecule has 7 heteroatoms. The summed E-state index contributed by atoms with van der Waals surface area (Å²) in [6.45, 7) is 1.61. The van der Waals surface area contributed by atoms with Gasteiger partial charge in [0.25, 0.3) is 5.69 Å². The molecule has 1 aromatic rings. The molecule has 116 valence electrons. The zero-order valence-electron chi connectivity index (χ0n) is 12.0. The van der Waals surface area contributed by atoms with E-state index in [2.05, 4.69) is 5.32 Å². The molecule has 1 aromatic carbocycles. The van der Waals surface area contributed by atoms with Crippen LogP contribution in [-0.2, 0) is 9.59 Å². The zero-order chi connectivity index (χ0) is 16.3. The van der Waals surface area contributed by atoms with Crippen molar-refractivity contribution in [1.29, 1.82) is 0 Å². The molecule has 1 aliphatic rings. The molecule has 0 radical (unpaired) electrons. The van der Waals surface area contributed by atoms with Gasteiger partial charge in [-0.05, 0) is 25.8 Å². The SMILES string of the molecule is Cc1ccc(NC(=O)[C@H]2CC=CC[C@H]2C(=O)O)cc1[N+](=O)[O-]. The van der Waals surface area contributed by atoms with E-state index >= 15 is 0 Å². The second kappa shape index (κ2) is 6.38. The molecule has 2 N–H and O–H groups in total. The van der Waals surface area contributed by atoms with E-state index in [1.54, 1.807) is 31.2 Å². The molecule has 7 nitrogen and oxygen atoms in total. The van der Waals surface area contributed by atoms with Gasteiger partial charge in [0.1, 0.15) is 0 Å². The standard InChI is InChI=1S/C15H16N2O5/c1-9-6-7-10(8-13(9)17(21)22)16-14(18)11-4-2-3-5-12(11)15(19)20/h2-3,6-8,11-12H,4-5H2,1H3,(H,16,18)(H,19,20)/t11-,12+/m0/s1. The van der Waals surface area contributed by atoms with Crippen molar-refractivity contribution < 1.29 is 19.6 Å². The maximum Gasteiger partial charge on any atom is 0.307 e. The van der Waals surface area contributed by atoms with Gasteiger partial charge in [0.05, 0.1) is 16.8 Å². The molecule has 2 rings (SSSR count). The number of rotatable bonds is 4. The van der Waals surface area contributed by atoms with Gasteiger partial charge in [-0.2, -0.15) is 0 Å². The fourth-order valence-electron chi connectivity index (χ4n) is 2.50. The minimum Gasteiger partial charge on any atom is -0.481 e. The Morgan fingerprint density at radius 3 is 2.50 bits per heavy atom. The molecule has 0 unspecified atom stereocenters. The van der Waals surface area contributed by atoms with Crippen LogP contribution in [0.5, 0.6) is 0 Å². The number of nitro benzene ring substituents is 1. The maximum absolute atomic E-state index is 12.3. The Morgan fingerprint density at radius 1 is 1.27 bits per heavy atom. The molecular weight excluding hydrogens is 288 g/mol. The molecular formula is C15H16N2O5. The summed E-state index contributed by atoms with van der Waals surface area (Å²) in [6.07, 6.45) is 4.18. The van der Waals surface area contributed by atoms with Crippen molar-refractivity contribution in [2.75, 3.05) is 5.32 Å². The topological polar surface area (TPSA) is 110 Å². The molecule has 0 spiro atoms. The van der Waals surface area contributed by atoms with Crippen LogP contribution in [0.4, 0.5) is 11.4 Å². The van der Waals surface area contributed by atoms with E-state index in [1.165, 1.54) is 6.07 Å². The van der Waals surface area contributed by atoms with Crippen molar-refractivity contribution in [1.82, 2.24) is 0 Å². The number of nitrogens with zero attached hydrogens (tertiary/aromatic N) is 1. The third-order valence-corrected chi connectivity index (χ3v) is 3.76. The number of amides is 1. The Balaban J connectivity index is 2.18. The van der Waals surface area contributed by atoms with Gasteiger partial charge < -0.3 is 10.4 Å². The summed E-state index contributed by atoms with van der Waals surface area (Å²) in [6, 6.07) is 4.39. The molecule has 1 aliphatic carbocycles. The molecule has 2 atom stereocenters. The number of carbonyl (C=O) groups excluding carboxylic acids is 1. The van der Waals surface area contributed by atoms with Crippen molar-refractivity contribution in [3.8, 4) is 0 Å². The average Bonchev–Trinajstić information content (AvgIpc) is 2.48. The van der Waals surface area contributed by atoms with Crippen LogP contribution in [-0.4, -0.2) is 21.9 Å². The maximum atomic E-state index is 12.3. The lowest BCUT2D eigenvalue weighted by atomic mass is 9.82. The number of carboxylic acid groups (broad SMARTS) is 1. The van der Waals surface area contributed by atoms with Crippen molar-refractivity contribution in [3.63, 3.8) is 0 Å². The highest BCUT2D eigenvalue weighted by Gasteiger charge is 2.34. The third kappa shape index (κ3) is 3.30. The highest BCUT2D eigenvalue weighted by molar-refractivity contribution is 5.95. The number of hydrogen-bond acceptors (Lipinski definition) is 4. The first kappa shape index (κ1) is 15.7. The lowest BCUT2D eigenvalue weighted by Crippen LogP contribution is -2.34. The number of carboxylic acids is 1. The van der Waals surface area contributed by atoms with Crippen LogP contribution in [0, 0.1) is 28.9 Å². The highest BCUT2D eigenvalue weighted by atomic mass is 16.6. The second-order valence-electron chi connectivity index (χ2n) is 5.24. The molecule has 22 heavy (non-hydrogen) atoms. The van der Waals surface area contributed by atoms with Crippen LogP contribution in [0.1, 0.15) is 18.4 Å². The summed E-state index contributed by atoms with van der Waals surface area (Å²) in [5, 5.41) is 22.7. The normalized spacial score (nSPS) is 20.4. The predicted octanol–water partition coefficient (Wildman–Crippen LogP) is 2.51. The first-order chi connectivity index (χ1) is 10.4.